The minimum Gasteiger partial charge on any atom is -0.467 e. The van der Waals surface area contributed by atoms with E-state index in [2.05, 4.69) is 21.2 Å². The first-order chi connectivity index (χ1) is 9.15. The Morgan fingerprint density at radius 2 is 2.21 bits per heavy atom. The zero-order valence-corrected chi connectivity index (χ0v) is 12.2. The highest BCUT2D eigenvalue weighted by molar-refractivity contribution is 9.10. The first-order valence-corrected chi connectivity index (χ1v) is 6.70. The Hall–Kier alpha value is -1.75. The van der Waals surface area contributed by atoms with Crippen LogP contribution in [0.5, 0.6) is 0 Å². The maximum Gasteiger partial charge on any atom is 0.317 e. The lowest BCUT2D eigenvalue weighted by molar-refractivity contribution is 0.202. The number of hydrogen-bond acceptors (Lipinski definition) is 2. The van der Waals surface area contributed by atoms with Gasteiger partial charge in [-0.2, -0.15) is 0 Å². The van der Waals surface area contributed by atoms with E-state index in [0.29, 0.717) is 13.1 Å². The van der Waals surface area contributed by atoms with Crippen molar-refractivity contribution in [2.45, 2.75) is 13.1 Å². The molecule has 0 saturated heterocycles. The van der Waals surface area contributed by atoms with Gasteiger partial charge in [-0.3, -0.25) is 0 Å². The Labute approximate surface area is 120 Å². The minimum absolute atomic E-state index is 0.128. The Balaban J connectivity index is 1.84. The number of benzene rings is 1. The van der Waals surface area contributed by atoms with Gasteiger partial charge in [0.15, 0.2) is 0 Å². The van der Waals surface area contributed by atoms with Crippen molar-refractivity contribution >= 4 is 22.0 Å². The van der Waals surface area contributed by atoms with Crippen LogP contribution < -0.4 is 5.32 Å². The van der Waals surface area contributed by atoms with Crippen molar-refractivity contribution in [3.63, 3.8) is 0 Å². The van der Waals surface area contributed by atoms with E-state index in [1.165, 1.54) is 0 Å². The molecular weight excluding hydrogens is 308 g/mol. The Kier molecular flexibility index (Phi) is 4.63. The van der Waals surface area contributed by atoms with Gasteiger partial charge in [0, 0.05) is 18.1 Å². The third kappa shape index (κ3) is 4.13. The highest BCUT2D eigenvalue weighted by Gasteiger charge is 2.09. The van der Waals surface area contributed by atoms with Gasteiger partial charge in [-0.25, -0.2) is 4.79 Å². The van der Waals surface area contributed by atoms with Crippen molar-refractivity contribution in [3.8, 4) is 0 Å². The number of nitrogens with zero attached hydrogens (tertiary/aromatic N) is 1. The molecule has 2 rings (SSSR count). The van der Waals surface area contributed by atoms with E-state index in [1.54, 1.807) is 18.2 Å². The van der Waals surface area contributed by atoms with Crippen molar-refractivity contribution in [3.05, 3.63) is 58.5 Å². The van der Waals surface area contributed by atoms with Crippen LogP contribution in [0.3, 0.4) is 0 Å². The standard InChI is InChI=1S/C14H15BrN2O2/c1-17(10-13-6-3-7-19-13)14(18)16-9-11-4-2-5-12(15)8-11/h2-8H,9-10H2,1H3,(H,16,18). The fraction of sp³-hybridized carbons (Fsp3) is 0.214. The quantitative estimate of drug-likeness (QED) is 0.937. The minimum atomic E-state index is -0.128. The predicted molar refractivity (Wildman–Crippen MR) is 76.6 cm³/mol. The first-order valence-electron chi connectivity index (χ1n) is 5.91. The number of amides is 2. The average Bonchev–Trinajstić information content (AvgIpc) is 2.89. The number of hydrogen-bond donors (Lipinski definition) is 1. The molecule has 0 bridgehead atoms. The molecule has 1 aromatic carbocycles. The molecule has 0 aliphatic carbocycles. The van der Waals surface area contributed by atoms with E-state index in [-0.39, 0.29) is 6.03 Å². The van der Waals surface area contributed by atoms with Crippen LogP contribution in [0.25, 0.3) is 0 Å². The summed E-state index contributed by atoms with van der Waals surface area (Å²) >= 11 is 3.40. The molecule has 19 heavy (non-hydrogen) atoms. The van der Waals surface area contributed by atoms with Crippen LogP contribution in [0.1, 0.15) is 11.3 Å². The molecule has 1 heterocycles. The van der Waals surface area contributed by atoms with Gasteiger partial charge in [0.2, 0.25) is 0 Å². The van der Waals surface area contributed by atoms with Gasteiger partial charge in [-0.05, 0) is 29.8 Å². The van der Waals surface area contributed by atoms with Crippen LogP contribution >= 0.6 is 15.9 Å². The lowest BCUT2D eigenvalue weighted by Gasteiger charge is -2.16. The van der Waals surface area contributed by atoms with Crippen molar-refractivity contribution < 1.29 is 9.21 Å². The lowest BCUT2D eigenvalue weighted by Crippen LogP contribution is -2.36. The second kappa shape index (κ2) is 6.43. The van der Waals surface area contributed by atoms with Gasteiger partial charge >= 0.3 is 6.03 Å². The normalized spacial score (nSPS) is 10.2. The summed E-state index contributed by atoms with van der Waals surface area (Å²) in [6, 6.07) is 11.4. The van der Waals surface area contributed by atoms with Gasteiger partial charge in [0.25, 0.3) is 0 Å². The van der Waals surface area contributed by atoms with Crippen LogP contribution in [-0.4, -0.2) is 18.0 Å². The number of carbonyl (C=O) groups excluding carboxylic acids is 1. The van der Waals surface area contributed by atoms with Gasteiger partial charge in [-0.15, -0.1) is 0 Å². The molecular formula is C14H15BrN2O2. The maximum absolute atomic E-state index is 11.9. The molecule has 2 amide bonds. The second-order valence-electron chi connectivity index (χ2n) is 4.22. The Bertz CT molecular complexity index is 540. The Morgan fingerprint density at radius 1 is 1.37 bits per heavy atom. The molecule has 0 aliphatic rings. The molecule has 2 aromatic rings. The fourth-order valence-corrected chi connectivity index (χ4v) is 2.11. The van der Waals surface area contributed by atoms with Crippen LogP contribution in [-0.2, 0) is 13.1 Å². The number of urea groups is 1. The number of rotatable bonds is 4. The summed E-state index contributed by atoms with van der Waals surface area (Å²) in [6.07, 6.45) is 1.60. The molecule has 0 spiro atoms. The van der Waals surface area contributed by atoms with Crippen molar-refractivity contribution in [1.29, 1.82) is 0 Å². The molecule has 5 heteroatoms. The van der Waals surface area contributed by atoms with Gasteiger partial charge < -0.3 is 14.6 Å². The van der Waals surface area contributed by atoms with Crippen molar-refractivity contribution in [2.75, 3.05) is 7.05 Å². The van der Waals surface area contributed by atoms with Gasteiger partial charge in [0.1, 0.15) is 5.76 Å². The van der Waals surface area contributed by atoms with Crippen LogP contribution in [0.2, 0.25) is 0 Å². The highest BCUT2D eigenvalue weighted by Crippen LogP contribution is 2.11. The second-order valence-corrected chi connectivity index (χ2v) is 5.14. The fourth-order valence-electron chi connectivity index (χ4n) is 1.67. The van der Waals surface area contributed by atoms with Crippen LogP contribution in [0.4, 0.5) is 4.79 Å². The molecule has 0 saturated carbocycles. The molecule has 100 valence electrons. The topological polar surface area (TPSA) is 45.5 Å². The summed E-state index contributed by atoms with van der Waals surface area (Å²) in [6.45, 7) is 0.956. The number of carbonyl (C=O) groups is 1. The van der Waals surface area contributed by atoms with Gasteiger partial charge in [0.05, 0.1) is 12.8 Å². The smallest absolute Gasteiger partial charge is 0.317 e. The predicted octanol–water partition coefficient (Wildman–Crippen LogP) is 3.38. The lowest BCUT2D eigenvalue weighted by atomic mass is 10.2. The number of halogens is 1. The van der Waals surface area contributed by atoms with E-state index in [0.717, 1.165) is 15.8 Å². The van der Waals surface area contributed by atoms with Crippen molar-refractivity contribution in [2.24, 2.45) is 0 Å². The zero-order chi connectivity index (χ0) is 13.7. The molecule has 0 atom stereocenters. The summed E-state index contributed by atoms with van der Waals surface area (Å²) in [4.78, 5) is 13.5. The van der Waals surface area contributed by atoms with E-state index in [9.17, 15) is 4.79 Å². The summed E-state index contributed by atoms with van der Waals surface area (Å²) < 4.78 is 6.21. The third-order valence-corrected chi connectivity index (χ3v) is 3.15. The molecule has 0 fully saturated rings. The first kappa shape index (κ1) is 13.7. The summed E-state index contributed by atoms with van der Waals surface area (Å²) in [5, 5.41) is 2.86. The van der Waals surface area contributed by atoms with Crippen LogP contribution in [0, 0.1) is 0 Å². The van der Waals surface area contributed by atoms with Crippen molar-refractivity contribution in [1.82, 2.24) is 10.2 Å². The maximum atomic E-state index is 11.9. The number of nitrogens with one attached hydrogen (secondary N) is 1. The molecule has 1 aromatic heterocycles. The SMILES string of the molecule is CN(Cc1ccco1)C(=O)NCc1cccc(Br)c1. The summed E-state index contributed by atoms with van der Waals surface area (Å²) in [7, 11) is 1.73. The summed E-state index contributed by atoms with van der Waals surface area (Å²) in [5.74, 6) is 0.764. The van der Waals surface area contributed by atoms with E-state index < -0.39 is 0 Å². The average molecular weight is 323 g/mol. The Morgan fingerprint density at radius 3 is 2.89 bits per heavy atom. The van der Waals surface area contributed by atoms with E-state index in [1.807, 2.05) is 36.4 Å². The van der Waals surface area contributed by atoms with Gasteiger partial charge in [-0.1, -0.05) is 28.1 Å². The number of furan rings is 1. The molecule has 4 nitrogen and oxygen atoms in total. The largest absolute Gasteiger partial charge is 0.467 e. The third-order valence-electron chi connectivity index (χ3n) is 2.65. The monoisotopic (exact) mass is 322 g/mol. The zero-order valence-electron chi connectivity index (χ0n) is 10.6. The van der Waals surface area contributed by atoms with E-state index in [4.69, 9.17) is 4.42 Å². The van der Waals surface area contributed by atoms with Crippen LogP contribution in [0.15, 0.2) is 51.6 Å². The van der Waals surface area contributed by atoms with E-state index >= 15 is 0 Å². The molecule has 0 unspecified atom stereocenters. The molecule has 1 N–H and O–H groups in total. The summed E-state index contributed by atoms with van der Waals surface area (Å²) in [5.41, 5.74) is 1.05. The molecule has 0 radical (unpaired) electrons. The molecule has 0 aliphatic heterocycles. The highest BCUT2D eigenvalue weighted by atomic mass is 79.9.